The Hall–Kier alpha value is -1.77. The van der Waals surface area contributed by atoms with E-state index in [-0.39, 0.29) is 23.9 Å². The van der Waals surface area contributed by atoms with Gasteiger partial charge in [0.05, 0.1) is 30.6 Å². The molecule has 0 saturated carbocycles. The van der Waals surface area contributed by atoms with Gasteiger partial charge in [0.25, 0.3) is 0 Å². The zero-order chi connectivity index (χ0) is 18.7. The Morgan fingerprint density at radius 2 is 2.15 bits per heavy atom. The number of nitrogens with one attached hydrogen (secondary N) is 1. The number of carbonyl (C=O) groups excluding carboxylic acids is 1. The normalized spacial score (nSPS) is 20.2. The monoisotopic (exact) mass is 396 g/mol. The number of nitrogens with zero attached hydrogens (tertiary/aromatic N) is 3. The Balaban J connectivity index is 1.64. The van der Waals surface area contributed by atoms with Crippen LogP contribution in [-0.4, -0.2) is 64.1 Å². The molecule has 1 fully saturated rings. The lowest BCUT2D eigenvalue weighted by Crippen LogP contribution is -2.48. The van der Waals surface area contributed by atoms with Crippen LogP contribution in [0.15, 0.2) is 23.4 Å². The fourth-order valence-corrected chi connectivity index (χ4v) is 3.77. The summed E-state index contributed by atoms with van der Waals surface area (Å²) in [6.07, 6.45) is 0.108. The maximum atomic E-state index is 12.4. The van der Waals surface area contributed by atoms with E-state index in [0.717, 1.165) is 5.56 Å². The van der Waals surface area contributed by atoms with Crippen molar-refractivity contribution in [1.29, 1.82) is 0 Å². The number of aromatic nitrogens is 3. The number of benzene rings is 1. The van der Waals surface area contributed by atoms with Crippen molar-refractivity contribution in [2.75, 3.05) is 26.0 Å². The average molecular weight is 397 g/mol. The number of aromatic amines is 1. The van der Waals surface area contributed by atoms with Gasteiger partial charge in [-0.1, -0.05) is 23.4 Å². The number of hydrogen-bond acceptors (Lipinski definition) is 6. The van der Waals surface area contributed by atoms with Crippen LogP contribution in [0.5, 0.6) is 5.75 Å². The number of hydrogen-bond donors (Lipinski definition) is 1. The van der Waals surface area contributed by atoms with Crippen LogP contribution in [0, 0.1) is 0 Å². The summed E-state index contributed by atoms with van der Waals surface area (Å²) in [5.74, 6) is 1.54. The van der Waals surface area contributed by atoms with E-state index in [1.54, 1.807) is 25.3 Å². The number of morpholine rings is 1. The van der Waals surface area contributed by atoms with Crippen LogP contribution >= 0.6 is 23.4 Å². The van der Waals surface area contributed by atoms with Crippen LogP contribution in [0.1, 0.15) is 13.8 Å². The van der Waals surface area contributed by atoms with Gasteiger partial charge in [0.1, 0.15) is 5.75 Å². The van der Waals surface area contributed by atoms with E-state index in [4.69, 9.17) is 21.1 Å². The molecule has 0 aliphatic carbocycles. The highest BCUT2D eigenvalue weighted by atomic mass is 35.5. The quantitative estimate of drug-likeness (QED) is 0.783. The fraction of sp³-hybridized carbons (Fsp3) is 0.471. The Morgan fingerprint density at radius 1 is 1.42 bits per heavy atom. The summed E-state index contributed by atoms with van der Waals surface area (Å²) in [4.78, 5) is 18.7. The van der Waals surface area contributed by atoms with Gasteiger partial charge in [-0.25, -0.2) is 4.98 Å². The highest BCUT2D eigenvalue weighted by Gasteiger charge is 2.26. The SMILES string of the molecule is COc1ccc(Cl)cc1-c1nc(SCC(=O)N2C[C@H](C)O[C@@H](C)C2)n[nH]1. The van der Waals surface area contributed by atoms with Gasteiger partial charge in [-0.3, -0.25) is 9.89 Å². The molecule has 1 N–H and O–H groups in total. The van der Waals surface area contributed by atoms with Crippen LogP contribution in [0.2, 0.25) is 5.02 Å². The molecule has 0 unspecified atom stereocenters. The smallest absolute Gasteiger partial charge is 0.233 e. The van der Waals surface area contributed by atoms with E-state index in [9.17, 15) is 4.79 Å². The molecule has 1 aliphatic heterocycles. The number of halogens is 1. The molecule has 7 nitrogen and oxygen atoms in total. The molecule has 9 heteroatoms. The number of carbonyl (C=O) groups is 1. The fourth-order valence-electron chi connectivity index (χ4n) is 2.90. The first-order valence-corrected chi connectivity index (χ1v) is 9.65. The van der Waals surface area contributed by atoms with E-state index < -0.39 is 0 Å². The van der Waals surface area contributed by atoms with E-state index in [0.29, 0.717) is 34.8 Å². The Morgan fingerprint density at radius 3 is 2.85 bits per heavy atom. The van der Waals surface area contributed by atoms with Gasteiger partial charge in [-0.2, -0.15) is 0 Å². The van der Waals surface area contributed by atoms with Gasteiger partial charge in [0.15, 0.2) is 5.82 Å². The number of thioether (sulfide) groups is 1. The summed E-state index contributed by atoms with van der Waals surface area (Å²) in [6.45, 7) is 5.18. The Labute approximate surface area is 161 Å². The second-order valence-electron chi connectivity index (χ2n) is 6.16. The zero-order valence-corrected chi connectivity index (χ0v) is 16.4. The van der Waals surface area contributed by atoms with Crippen molar-refractivity contribution in [2.45, 2.75) is 31.2 Å². The molecule has 3 rings (SSSR count). The second kappa shape index (κ2) is 8.28. The standard InChI is InChI=1S/C17H21ClN4O3S/c1-10-7-22(8-11(2)25-10)15(23)9-26-17-19-16(20-21-17)13-6-12(18)4-5-14(13)24-3/h4-6,10-11H,7-9H2,1-3H3,(H,19,20,21)/t10-,11-/m0/s1. The highest BCUT2D eigenvalue weighted by Crippen LogP contribution is 2.31. The van der Waals surface area contributed by atoms with Gasteiger partial charge >= 0.3 is 0 Å². The molecule has 1 aliphatic rings. The van der Waals surface area contributed by atoms with Gasteiger partial charge in [-0.05, 0) is 32.0 Å². The first kappa shape index (κ1) is 19.0. The van der Waals surface area contributed by atoms with E-state index in [1.165, 1.54) is 11.8 Å². The molecule has 1 aromatic heterocycles. The lowest BCUT2D eigenvalue weighted by Gasteiger charge is -2.35. The number of amides is 1. The van der Waals surface area contributed by atoms with Crippen LogP contribution in [-0.2, 0) is 9.53 Å². The van der Waals surface area contributed by atoms with E-state index >= 15 is 0 Å². The van der Waals surface area contributed by atoms with Crippen molar-refractivity contribution in [3.8, 4) is 17.1 Å². The van der Waals surface area contributed by atoms with Crippen molar-refractivity contribution in [3.05, 3.63) is 23.2 Å². The van der Waals surface area contributed by atoms with Gasteiger partial charge < -0.3 is 14.4 Å². The third kappa shape index (κ3) is 4.49. The van der Waals surface area contributed by atoms with Crippen LogP contribution < -0.4 is 4.74 Å². The molecule has 2 heterocycles. The van der Waals surface area contributed by atoms with Gasteiger partial charge in [0, 0.05) is 18.1 Å². The summed E-state index contributed by atoms with van der Waals surface area (Å²) in [5.41, 5.74) is 0.724. The minimum Gasteiger partial charge on any atom is -0.496 e. The summed E-state index contributed by atoms with van der Waals surface area (Å²) in [7, 11) is 1.59. The molecule has 1 saturated heterocycles. The minimum atomic E-state index is 0.0538. The predicted molar refractivity (Wildman–Crippen MR) is 101 cm³/mol. The Kier molecular flexibility index (Phi) is 6.05. The molecular formula is C17H21ClN4O3S. The van der Waals surface area contributed by atoms with Crippen LogP contribution in [0.3, 0.4) is 0 Å². The van der Waals surface area contributed by atoms with Crippen molar-refractivity contribution >= 4 is 29.3 Å². The first-order valence-electron chi connectivity index (χ1n) is 8.28. The summed E-state index contributed by atoms with van der Waals surface area (Å²) in [6, 6.07) is 5.28. The molecule has 0 spiro atoms. The third-order valence-corrected chi connectivity index (χ3v) is 5.05. The third-order valence-electron chi connectivity index (χ3n) is 3.98. The number of methoxy groups -OCH3 is 1. The second-order valence-corrected chi connectivity index (χ2v) is 7.53. The topological polar surface area (TPSA) is 80.3 Å². The molecule has 140 valence electrons. The molecule has 2 aromatic rings. The Bertz CT molecular complexity index is 775. The van der Waals surface area contributed by atoms with Crippen molar-refractivity contribution in [2.24, 2.45) is 0 Å². The van der Waals surface area contributed by atoms with Gasteiger partial charge in [-0.15, -0.1) is 5.10 Å². The average Bonchev–Trinajstić information content (AvgIpc) is 3.07. The predicted octanol–water partition coefficient (Wildman–Crippen LogP) is 2.86. The number of rotatable bonds is 5. The first-order chi connectivity index (χ1) is 12.5. The molecule has 0 bridgehead atoms. The maximum Gasteiger partial charge on any atom is 0.233 e. The lowest BCUT2D eigenvalue weighted by atomic mass is 10.2. The van der Waals surface area contributed by atoms with Crippen LogP contribution in [0.4, 0.5) is 0 Å². The summed E-state index contributed by atoms with van der Waals surface area (Å²) in [5, 5.41) is 8.14. The lowest BCUT2D eigenvalue weighted by molar-refractivity contribution is -0.140. The van der Waals surface area contributed by atoms with Gasteiger partial charge in [0.2, 0.25) is 11.1 Å². The molecular weight excluding hydrogens is 376 g/mol. The van der Waals surface area contributed by atoms with E-state index in [1.807, 2.05) is 18.7 Å². The molecule has 1 amide bonds. The molecule has 2 atom stereocenters. The molecule has 1 aromatic carbocycles. The molecule has 26 heavy (non-hydrogen) atoms. The highest BCUT2D eigenvalue weighted by molar-refractivity contribution is 7.99. The van der Waals surface area contributed by atoms with Crippen molar-refractivity contribution in [3.63, 3.8) is 0 Å². The minimum absolute atomic E-state index is 0.0538. The number of H-pyrrole nitrogens is 1. The van der Waals surface area contributed by atoms with E-state index in [2.05, 4.69) is 15.2 Å². The van der Waals surface area contributed by atoms with Crippen LogP contribution in [0.25, 0.3) is 11.4 Å². The maximum absolute atomic E-state index is 12.4. The zero-order valence-electron chi connectivity index (χ0n) is 14.9. The summed E-state index contributed by atoms with van der Waals surface area (Å²) < 4.78 is 11.0. The summed E-state index contributed by atoms with van der Waals surface area (Å²) >= 11 is 7.36. The van der Waals surface area contributed by atoms with Crippen molar-refractivity contribution in [1.82, 2.24) is 20.1 Å². The number of ether oxygens (including phenoxy) is 2. The molecule has 0 radical (unpaired) electrons. The van der Waals surface area contributed by atoms with Crippen molar-refractivity contribution < 1.29 is 14.3 Å². The largest absolute Gasteiger partial charge is 0.496 e.